The summed E-state index contributed by atoms with van der Waals surface area (Å²) in [5.41, 5.74) is 1.71. The Kier molecular flexibility index (Phi) is 6.08. The van der Waals surface area contributed by atoms with Crippen molar-refractivity contribution in [3.8, 4) is 0 Å². The average Bonchev–Trinajstić information content (AvgIpc) is 3.00. The van der Waals surface area contributed by atoms with Crippen LogP contribution in [0.25, 0.3) is 0 Å². The molecule has 1 fully saturated rings. The van der Waals surface area contributed by atoms with Crippen LogP contribution in [-0.2, 0) is 14.4 Å². The van der Waals surface area contributed by atoms with E-state index in [4.69, 9.17) is 0 Å². The van der Waals surface area contributed by atoms with Gasteiger partial charge in [0.05, 0.1) is 11.7 Å². The van der Waals surface area contributed by atoms with Gasteiger partial charge >= 0.3 is 17.8 Å². The number of rotatable bonds is 6. The highest BCUT2D eigenvalue weighted by atomic mass is 32.2. The third-order valence-corrected chi connectivity index (χ3v) is 6.59. The molecule has 0 bridgehead atoms. The number of amides is 5. The summed E-state index contributed by atoms with van der Waals surface area (Å²) in [7, 11) is 0. The zero-order chi connectivity index (χ0) is 22.0. The van der Waals surface area contributed by atoms with Crippen LogP contribution in [0.4, 0.5) is 10.5 Å². The number of hydrogen-bond donors (Lipinski definition) is 0. The van der Waals surface area contributed by atoms with Gasteiger partial charge in [0.2, 0.25) is 5.91 Å². The normalized spacial score (nSPS) is 18.5. The molecule has 2 aromatic carbocycles. The number of carbonyl (C=O) groups is 4. The van der Waals surface area contributed by atoms with Gasteiger partial charge in [-0.25, -0.2) is 9.69 Å². The Labute approximate surface area is 185 Å². The molecule has 2 aliphatic heterocycles. The second kappa shape index (κ2) is 8.93. The van der Waals surface area contributed by atoms with Crippen molar-refractivity contribution in [3.05, 3.63) is 60.2 Å². The second-order valence-electron chi connectivity index (χ2n) is 7.45. The summed E-state index contributed by atoms with van der Waals surface area (Å²) in [4.78, 5) is 55.2. The zero-order valence-electron chi connectivity index (χ0n) is 17.2. The lowest BCUT2D eigenvalue weighted by Gasteiger charge is -2.37. The highest BCUT2D eigenvalue weighted by Gasteiger charge is 2.46. The molecule has 2 aliphatic rings. The summed E-state index contributed by atoms with van der Waals surface area (Å²) in [6.07, 6.45) is 1.39. The van der Waals surface area contributed by atoms with E-state index < -0.39 is 30.3 Å². The number of anilines is 1. The number of fused-ring (bicyclic) bond motifs is 1. The molecule has 31 heavy (non-hydrogen) atoms. The highest BCUT2D eigenvalue weighted by molar-refractivity contribution is 7.99. The molecule has 4 rings (SSSR count). The molecule has 8 heteroatoms. The van der Waals surface area contributed by atoms with Crippen molar-refractivity contribution in [1.82, 2.24) is 9.80 Å². The molecule has 0 saturated carbocycles. The van der Waals surface area contributed by atoms with Crippen molar-refractivity contribution >= 4 is 41.2 Å². The molecule has 160 valence electrons. The van der Waals surface area contributed by atoms with E-state index in [0.29, 0.717) is 12.2 Å². The van der Waals surface area contributed by atoms with Crippen LogP contribution >= 0.6 is 11.8 Å². The van der Waals surface area contributed by atoms with Gasteiger partial charge in [-0.3, -0.25) is 19.3 Å². The van der Waals surface area contributed by atoms with Gasteiger partial charge in [-0.05, 0) is 24.1 Å². The number of benzene rings is 2. The molecule has 0 unspecified atom stereocenters. The van der Waals surface area contributed by atoms with Gasteiger partial charge in [-0.2, -0.15) is 0 Å². The van der Waals surface area contributed by atoms with Crippen LogP contribution in [0.3, 0.4) is 0 Å². The zero-order valence-corrected chi connectivity index (χ0v) is 18.0. The highest BCUT2D eigenvalue weighted by Crippen LogP contribution is 2.43. The van der Waals surface area contributed by atoms with Crippen LogP contribution in [0.1, 0.15) is 31.4 Å². The standard InChI is InChI=1S/C23H23N3O4S/c1-2-3-13-24-21(28)22(29)25(23(24)30)14-20(27)26-17-11-7-8-12-19(17)31-15-18(26)16-9-5-4-6-10-16/h4-12,18H,2-3,13-15H2,1H3/t18-/m0/s1. The van der Waals surface area contributed by atoms with Crippen LogP contribution < -0.4 is 4.90 Å². The predicted octanol–water partition coefficient (Wildman–Crippen LogP) is 3.46. The molecule has 0 aliphatic carbocycles. The molecule has 0 N–H and O–H groups in total. The largest absolute Gasteiger partial charge is 0.334 e. The van der Waals surface area contributed by atoms with Gasteiger partial charge in [0.15, 0.2) is 0 Å². The molecule has 5 amide bonds. The minimum Gasteiger partial charge on any atom is -0.301 e. The topological polar surface area (TPSA) is 78.0 Å². The van der Waals surface area contributed by atoms with Gasteiger partial charge < -0.3 is 4.90 Å². The number of urea groups is 1. The first kappa shape index (κ1) is 21.1. The lowest BCUT2D eigenvalue weighted by molar-refractivity contribution is -0.143. The fourth-order valence-electron chi connectivity index (χ4n) is 3.83. The number of thioether (sulfide) groups is 1. The first-order chi connectivity index (χ1) is 15.0. The summed E-state index contributed by atoms with van der Waals surface area (Å²) in [6.45, 7) is 1.65. The first-order valence-electron chi connectivity index (χ1n) is 10.3. The fourth-order valence-corrected chi connectivity index (χ4v) is 5.00. The Bertz CT molecular complexity index is 1030. The van der Waals surface area contributed by atoms with Gasteiger partial charge in [-0.15, -0.1) is 11.8 Å². The number of carbonyl (C=O) groups excluding carboxylic acids is 4. The molecule has 2 aromatic rings. The van der Waals surface area contributed by atoms with E-state index in [0.717, 1.165) is 32.4 Å². The minimum absolute atomic E-state index is 0.181. The van der Waals surface area contributed by atoms with E-state index in [9.17, 15) is 19.2 Å². The van der Waals surface area contributed by atoms with Gasteiger partial charge in [-0.1, -0.05) is 55.8 Å². The van der Waals surface area contributed by atoms with Gasteiger partial charge in [0, 0.05) is 17.2 Å². The van der Waals surface area contributed by atoms with Crippen LogP contribution in [0, 0.1) is 0 Å². The molecule has 0 radical (unpaired) electrons. The smallest absolute Gasteiger partial charge is 0.301 e. The Balaban J connectivity index is 1.63. The first-order valence-corrected chi connectivity index (χ1v) is 11.3. The van der Waals surface area contributed by atoms with Crippen molar-refractivity contribution in [2.75, 3.05) is 23.7 Å². The molecule has 7 nitrogen and oxygen atoms in total. The summed E-state index contributed by atoms with van der Waals surface area (Å²) in [6, 6.07) is 16.3. The van der Waals surface area contributed by atoms with Crippen molar-refractivity contribution in [2.45, 2.75) is 30.7 Å². The Morgan fingerprint density at radius 3 is 2.39 bits per heavy atom. The molecular formula is C23H23N3O4S. The van der Waals surface area contributed by atoms with Gasteiger partial charge in [0.25, 0.3) is 0 Å². The summed E-state index contributed by atoms with van der Waals surface area (Å²) in [5.74, 6) is -1.55. The lowest BCUT2D eigenvalue weighted by Crippen LogP contribution is -2.46. The van der Waals surface area contributed by atoms with Crippen LogP contribution in [0.5, 0.6) is 0 Å². The van der Waals surface area contributed by atoms with Crippen molar-refractivity contribution in [2.24, 2.45) is 0 Å². The Morgan fingerprint density at radius 2 is 1.65 bits per heavy atom. The van der Waals surface area contributed by atoms with E-state index in [1.54, 1.807) is 16.7 Å². The van der Waals surface area contributed by atoms with Crippen molar-refractivity contribution in [3.63, 3.8) is 0 Å². The number of para-hydroxylation sites is 1. The quantitative estimate of drug-likeness (QED) is 0.511. The molecular weight excluding hydrogens is 414 g/mol. The van der Waals surface area contributed by atoms with E-state index >= 15 is 0 Å². The van der Waals surface area contributed by atoms with E-state index in [2.05, 4.69) is 0 Å². The Morgan fingerprint density at radius 1 is 0.968 bits per heavy atom. The minimum atomic E-state index is -0.939. The number of unbranched alkanes of at least 4 members (excludes halogenated alkanes) is 1. The maximum atomic E-state index is 13.5. The Hall–Kier alpha value is -3.13. The predicted molar refractivity (Wildman–Crippen MR) is 118 cm³/mol. The molecule has 1 saturated heterocycles. The van der Waals surface area contributed by atoms with E-state index in [-0.39, 0.29) is 12.6 Å². The molecule has 2 heterocycles. The molecule has 1 atom stereocenters. The van der Waals surface area contributed by atoms with Crippen molar-refractivity contribution in [1.29, 1.82) is 0 Å². The van der Waals surface area contributed by atoms with Gasteiger partial charge in [0.1, 0.15) is 6.54 Å². The summed E-state index contributed by atoms with van der Waals surface area (Å²) >= 11 is 1.66. The number of imide groups is 2. The molecule has 0 aromatic heterocycles. The van der Waals surface area contributed by atoms with Crippen LogP contribution in [0.2, 0.25) is 0 Å². The number of hydrogen-bond acceptors (Lipinski definition) is 5. The lowest BCUT2D eigenvalue weighted by atomic mass is 10.1. The maximum absolute atomic E-state index is 13.5. The average molecular weight is 438 g/mol. The summed E-state index contributed by atoms with van der Waals surface area (Å²) in [5, 5.41) is 0. The van der Waals surface area contributed by atoms with E-state index in [1.807, 2.05) is 61.5 Å². The maximum Gasteiger partial charge on any atom is 0.334 e. The second-order valence-corrected chi connectivity index (χ2v) is 8.52. The SMILES string of the molecule is CCCCN1C(=O)C(=O)N(CC(=O)N2c3ccccc3SC[C@H]2c2ccccc2)C1=O. The summed E-state index contributed by atoms with van der Waals surface area (Å²) < 4.78 is 0. The van der Waals surface area contributed by atoms with Crippen LogP contribution in [-0.4, -0.2) is 52.4 Å². The van der Waals surface area contributed by atoms with E-state index in [1.165, 1.54) is 0 Å². The fraction of sp³-hybridized carbons (Fsp3) is 0.304. The number of nitrogens with zero attached hydrogens (tertiary/aromatic N) is 3. The van der Waals surface area contributed by atoms with Crippen LogP contribution in [0.15, 0.2) is 59.5 Å². The monoisotopic (exact) mass is 437 g/mol. The van der Waals surface area contributed by atoms with Crippen molar-refractivity contribution < 1.29 is 19.2 Å². The molecule has 0 spiro atoms. The third-order valence-electron chi connectivity index (χ3n) is 5.45. The third kappa shape index (κ3) is 3.95.